The molecule has 21 heavy (non-hydrogen) atoms. The van der Waals surface area contributed by atoms with E-state index in [2.05, 4.69) is 9.97 Å². The zero-order valence-electron chi connectivity index (χ0n) is 11.9. The van der Waals surface area contributed by atoms with Crippen molar-refractivity contribution in [2.75, 3.05) is 6.54 Å². The summed E-state index contributed by atoms with van der Waals surface area (Å²) in [7, 11) is 0. The number of nitrogens with two attached hydrogens (primary N) is 1. The number of fused-ring (bicyclic) bond motifs is 1. The van der Waals surface area contributed by atoms with Gasteiger partial charge in [-0.3, -0.25) is 0 Å². The lowest BCUT2D eigenvalue weighted by Crippen LogP contribution is -2.07. The third-order valence-corrected chi connectivity index (χ3v) is 3.39. The van der Waals surface area contributed by atoms with Gasteiger partial charge in [0.25, 0.3) is 0 Å². The standard InChI is InChI=1S/C16H17FN4/c1-11-8-14-16(19-10-11)21(7-3-6-18)15(20-14)12-4-2-5-13(17)9-12/h2,4-5,8-10H,3,6-7,18H2,1H3. The van der Waals surface area contributed by atoms with E-state index in [9.17, 15) is 4.39 Å². The van der Waals surface area contributed by atoms with Crippen molar-refractivity contribution in [3.8, 4) is 11.4 Å². The average Bonchev–Trinajstić information content (AvgIpc) is 2.82. The first kappa shape index (κ1) is 13.7. The molecule has 3 aromatic rings. The molecule has 0 bridgehead atoms. The lowest BCUT2D eigenvalue weighted by Gasteiger charge is -2.08. The number of pyridine rings is 1. The van der Waals surface area contributed by atoms with Crippen molar-refractivity contribution in [1.29, 1.82) is 0 Å². The Hall–Kier alpha value is -2.27. The summed E-state index contributed by atoms with van der Waals surface area (Å²) >= 11 is 0. The highest BCUT2D eigenvalue weighted by atomic mass is 19.1. The van der Waals surface area contributed by atoms with E-state index in [0.717, 1.165) is 41.1 Å². The first-order chi connectivity index (χ1) is 10.2. The fourth-order valence-electron chi connectivity index (χ4n) is 2.42. The van der Waals surface area contributed by atoms with E-state index in [-0.39, 0.29) is 5.82 Å². The number of halogens is 1. The molecule has 108 valence electrons. The van der Waals surface area contributed by atoms with Crippen molar-refractivity contribution in [2.45, 2.75) is 19.9 Å². The molecule has 1 aromatic carbocycles. The van der Waals surface area contributed by atoms with E-state index in [1.54, 1.807) is 6.07 Å². The Labute approximate surface area is 122 Å². The zero-order chi connectivity index (χ0) is 14.8. The molecule has 0 saturated carbocycles. The molecule has 2 heterocycles. The summed E-state index contributed by atoms with van der Waals surface area (Å²) in [6.45, 7) is 3.29. The van der Waals surface area contributed by atoms with Crippen LogP contribution in [0, 0.1) is 12.7 Å². The van der Waals surface area contributed by atoms with Gasteiger partial charge in [0.05, 0.1) is 0 Å². The molecule has 0 unspecified atom stereocenters. The number of rotatable bonds is 4. The maximum absolute atomic E-state index is 13.5. The van der Waals surface area contributed by atoms with Crippen LogP contribution in [0.3, 0.4) is 0 Å². The van der Waals surface area contributed by atoms with E-state index in [1.807, 2.05) is 29.8 Å². The van der Waals surface area contributed by atoms with E-state index in [4.69, 9.17) is 5.73 Å². The topological polar surface area (TPSA) is 56.7 Å². The average molecular weight is 284 g/mol. The summed E-state index contributed by atoms with van der Waals surface area (Å²) in [5.41, 5.74) is 9.06. The van der Waals surface area contributed by atoms with Gasteiger partial charge >= 0.3 is 0 Å². The van der Waals surface area contributed by atoms with E-state index in [0.29, 0.717) is 6.54 Å². The molecular weight excluding hydrogens is 267 g/mol. The smallest absolute Gasteiger partial charge is 0.160 e. The van der Waals surface area contributed by atoms with Gasteiger partial charge in [-0.25, -0.2) is 14.4 Å². The molecule has 0 aliphatic carbocycles. The Bertz CT molecular complexity index is 779. The third-order valence-electron chi connectivity index (χ3n) is 3.39. The fourth-order valence-corrected chi connectivity index (χ4v) is 2.42. The van der Waals surface area contributed by atoms with Crippen LogP contribution in [0.4, 0.5) is 4.39 Å². The number of aryl methyl sites for hydroxylation is 2. The molecule has 0 amide bonds. The Morgan fingerprint density at radius 3 is 2.90 bits per heavy atom. The summed E-state index contributed by atoms with van der Waals surface area (Å²) in [5.74, 6) is 0.463. The summed E-state index contributed by atoms with van der Waals surface area (Å²) in [6, 6.07) is 8.46. The first-order valence-corrected chi connectivity index (χ1v) is 6.98. The van der Waals surface area contributed by atoms with Gasteiger partial charge in [0.1, 0.15) is 17.2 Å². The molecule has 0 radical (unpaired) electrons. The highest BCUT2D eigenvalue weighted by Gasteiger charge is 2.14. The summed E-state index contributed by atoms with van der Waals surface area (Å²) in [5, 5.41) is 0. The Kier molecular flexibility index (Phi) is 3.66. The van der Waals surface area contributed by atoms with Crippen LogP contribution in [0.2, 0.25) is 0 Å². The highest BCUT2D eigenvalue weighted by molar-refractivity contribution is 5.77. The molecule has 2 aromatic heterocycles. The third kappa shape index (κ3) is 2.64. The second-order valence-electron chi connectivity index (χ2n) is 5.10. The van der Waals surface area contributed by atoms with Crippen LogP contribution in [0.1, 0.15) is 12.0 Å². The van der Waals surface area contributed by atoms with Gasteiger partial charge < -0.3 is 10.3 Å². The normalized spacial score (nSPS) is 11.2. The SMILES string of the molecule is Cc1cnc2c(c1)nc(-c1cccc(F)c1)n2CCCN. The number of hydrogen-bond acceptors (Lipinski definition) is 3. The highest BCUT2D eigenvalue weighted by Crippen LogP contribution is 2.25. The monoisotopic (exact) mass is 284 g/mol. The Morgan fingerprint density at radius 1 is 1.29 bits per heavy atom. The summed E-state index contributed by atoms with van der Waals surface area (Å²) < 4.78 is 15.5. The lowest BCUT2D eigenvalue weighted by atomic mass is 10.2. The molecule has 0 aliphatic heterocycles. The van der Waals surface area contributed by atoms with Gasteiger partial charge in [-0.05, 0) is 43.7 Å². The summed E-state index contributed by atoms with van der Waals surface area (Å²) in [6.07, 6.45) is 2.64. The van der Waals surface area contributed by atoms with E-state index >= 15 is 0 Å². The largest absolute Gasteiger partial charge is 0.330 e. The van der Waals surface area contributed by atoms with E-state index < -0.39 is 0 Å². The van der Waals surface area contributed by atoms with Gasteiger partial charge in [-0.15, -0.1) is 0 Å². The van der Waals surface area contributed by atoms with Crippen LogP contribution in [0.15, 0.2) is 36.5 Å². The van der Waals surface area contributed by atoms with Gasteiger partial charge in [-0.2, -0.15) is 0 Å². The van der Waals surface area contributed by atoms with Crippen molar-refractivity contribution >= 4 is 11.2 Å². The predicted octanol–water partition coefficient (Wildman–Crippen LogP) is 2.89. The van der Waals surface area contributed by atoms with Gasteiger partial charge in [-0.1, -0.05) is 12.1 Å². The zero-order valence-corrected chi connectivity index (χ0v) is 11.9. The van der Waals surface area contributed by atoms with Gasteiger partial charge in [0.15, 0.2) is 5.65 Å². The van der Waals surface area contributed by atoms with Crippen LogP contribution >= 0.6 is 0 Å². The van der Waals surface area contributed by atoms with E-state index in [1.165, 1.54) is 12.1 Å². The number of nitrogens with zero attached hydrogens (tertiary/aromatic N) is 3. The molecule has 3 rings (SSSR count). The fraction of sp³-hybridized carbons (Fsp3) is 0.250. The molecular formula is C16H17FN4. The molecule has 5 heteroatoms. The van der Waals surface area contributed by atoms with Crippen LogP contribution < -0.4 is 5.73 Å². The van der Waals surface area contributed by atoms with Crippen molar-refractivity contribution in [3.63, 3.8) is 0 Å². The van der Waals surface area contributed by atoms with Crippen molar-refractivity contribution < 1.29 is 4.39 Å². The summed E-state index contributed by atoms with van der Waals surface area (Å²) in [4.78, 5) is 9.10. The quantitative estimate of drug-likeness (QED) is 0.801. The van der Waals surface area contributed by atoms with Crippen LogP contribution in [0.5, 0.6) is 0 Å². The van der Waals surface area contributed by atoms with Gasteiger partial charge in [0.2, 0.25) is 0 Å². The second kappa shape index (κ2) is 5.61. The number of imidazole rings is 1. The molecule has 0 aliphatic rings. The molecule has 0 saturated heterocycles. The molecule has 0 atom stereocenters. The number of hydrogen-bond donors (Lipinski definition) is 1. The molecule has 4 nitrogen and oxygen atoms in total. The van der Waals surface area contributed by atoms with Crippen LogP contribution in [-0.4, -0.2) is 21.1 Å². The van der Waals surface area contributed by atoms with Crippen molar-refractivity contribution in [1.82, 2.24) is 14.5 Å². The molecule has 2 N–H and O–H groups in total. The van der Waals surface area contributed by atoms with Crippen LogP contribution in [-0.2, 0) is 6.54 Å². The van der Waals surface area contributed by atoms with Crippen molar-refractivity contribution in [3.05, 3.63) is 47.9 Å². The minimum absolute atomic E-state index is 0.269. The van der Waals surface area contributed by atoms with Crippen LogP contribution in [0.25, 0.3) is 22.6 Å². The van der Waals surface area contributed by atoms with Crippen molar-refractivity contribution in [2.24, 2.45) is 5.73 Å². The maximum atomic E-state index is 13.5. The minimum atomic E-state index is -0.269. The maximum Gasteiger partial charge on any atom is 0.160 e. The molecule has 0 fully saturated rings. The lowest BCUT2D eigenvalue weighted by molar-refractivity contribution is 0.627. The number of aromatic nitrogens is 3. The Balaban J connectivity index is 2.20. The van der Waals surface area contributed by atoms with Gasteiger partial charge in [0, 0.05) is 18.3 Å². The molecule has 0 spiro atoms. The predicted molar refractivity (Wildman–Crippen MR) is 81.3 cm³/mol. The Morgan fingerprint density at radius 2 is 2.14 bits per heavy atom. The first-order valence-electron chi connectivity index (χ1n) is 6.98. The second-order valence-corrected chi connectivity index (χ2v) is 5.10. The number of benzene rings is 1. The minimum Gasteiger partial charge on any atom is -0.330 e.